The highest BCUT2D eigenvalue weighted by Crippen LogP contribution is 2.30. The predicted octanol–water partition coefficient (Wildman–Crippen LogP) is 1.69. The number of hydrogen-bond acceptors (Lipinski definition) is 7. The lowest BCUT2D eigenvalue weighted by atomic mass is 10.1. The fourth-order valence-electron chi connectivity index (χ4n) is 3.50. The summed E-state index contributed by atoms with van der Waals surface area (Å²) in [6, 6.07) is 9.29. The molecule has 0 spiro atoms. The average molecular weight is 474 g/mol. The van der Waals surface area contributed by atoms with Crippen LogP contribution in [0, 0.1) is 0 Å². The highest BCUT2D eigenvalue weighted by Gasteiger charge is 2.43. The van der Waals surface area contributed by atoms with Crippen LogP contribution < -0.4 is 15.4 Å². The van der Waals surface area contributed by atoms with Crippen molar-refractivity contribution >= 4 is 44.8 Å². The third-order valence-corrected chi connectivity index (χ3v) is 5.96. The number of hydrogen-bond donors (Lipinski definition) is 2. The third-order valence-electron chi connectivity index (χ3n) is 4.98. The van der Waals surface area contributed by atoms with Crippen molar-refractivity contribution in [2.45, 2.75) is 19.4 Å². The Labute approximate surface area is 190 Å². The quantitative estimate of drug-likeness (QED) is 0.556. The molecule has 11 heteroatoms. The largest absolute Gasteiger partial charge is 0.495 e. The highest BCUT2D eigenvalue weighted by atomic mass is 32.2. The lowest BCUT2D eigenvalue weighted by Crippen LogP contribution is -2.48. The van der Waals surface area contributed by atoms with Gasteiger partial charge in [-0.1, -0.05) is 12.1 Å². The molecule has 2 N–H and O–H groups in total. The van der Waals surface area contributed by atoms with E-state index in [1.165, 1.54) is 38.3 Å². The van der Waals surface area contributed by atoms with Crippen LogP contribution in [0.5, 0.6) is 5.75 Å². The van der Waals surface area contributed by atoms with Crippen LogP contribution in [0.15, 0.2) is 42.5 Å². The molecule has 1 heterocycles. The minimum atomic E-state index is -3.49. The zero-order valence-electron chi connectivity index (χ0n) is 18.2. The van der Waals surface area contributed by atoms with E-state index in [0.29, 0.717) is 5.69 Å². The van der Waals surface area contributed by atoms with Crippen molar-refractivity contribution in [3.05, 3.63) is 53.6 Å². The molecule has 174 valence electrons. The van der Waals surface area contributed by atoms with Crippen LogP contribution >= 0.6 is 0 Å². The second-order valence-corrected chi connectivity index (χ2v) is 9.81. The molecule has 4 amide bonds. The van der Waals surface area contributed by atoms with Gasteiger partial charge in [-0.05, 0) is 36.8 Å². The first-order valence-corrected chi connectivity index (χ1v) is 12.0. The van der Waals surface area contributed by atoms with Crippen LogP contribution in [-0.2, 0) is 19.4 Å². The van der Waals surface area contributed by atoms with Gasteiger partial charge in [0, 0.05) is 18.9 Å². The van der Waals surface area contributed by atoms with Gasteiger partial charge in [-0.15, -0.1) is 0 Å². The first-order chi connectivity index (χ1) is 15.5. The van der Waals surface area contributed by atoms with E-state index in [4.69, 9.17) is 4.74 Å². The molecule has 0 radical (unpaired) electrons. The summed E-state index contributed by atoms with van der Waals surface area (Å²) in [5.41, 5.74) is 0.844. The van der Waals surface area contributed by atoms with Crippen LogP contribution in [-0.4, -0.2) is 62.1 Å². The summed E-state index contributed by atoms with van der Waals surface area (Å²) < 4.78 is 28.8. The van der Waals surface area contributed by atoms with Crippen molar-refractivity contribution in [2.75, 3.05) is 29.8 Å². The zero-order chi connectivity index (χ0) is 24.3. The number of nitrogens with one attached hydrogen (secondary N) is 2. The number of sulfone groups is 1. The number of carbonyl (C=O) groups excluding carboxylic acids is 4. The second-order valence-electron chi connectivity index (χ2n) is 7.55. The van der Waals surface area contributed by atoms with Crippen LogP contribution in [0.25, 0.3) is 0 Å². The van der Waals surface area contributed by atoms with Gasteiger partial charge in [0.05, 0.1) is 29.7 Å². The van der Waals surface area contributed by atoms with E-state index in [9.17, 15) is 27.6 Å². The van der Waals surface area contributed by atoms with Crippen molar-refractivity contribution < 1.29 is 32.3 Å². The Hall–Kier alpha value is -3.73. The van der Waals surface area contributed by atoms with Gasteiger partial charge in [0.2, 0.25) is 11.8 Å². The average Bonchev–Trinajstić information content (AvgIpc) is 2.98. The fraction of sp³-hybridized carbons (Fsp3) is 0.273. The molecular formula is C22H23N3O7S. The van der Waals surface area contributed by atoms with Gasteiger partial charge >= 0.3 is 0 Å². The van der Waals surface area contributed by atoms with Crippen molar-refractivity contribution in [3.63, 3.8) is 0 Å². The molecule has 10 nitrogen and oxygen atoms in total. The molecule has 1 aliphatic rings. The third kappa shape index (κ3) is 5.37. The topological polar surface area (TPSA) is 139 Å². The molecule has 0 saturated carbocycles. The van der Waals surface area contributed by atoms with Gasteiger partial charge in [0.15, 0.2) is 0 Å². The molecular weight excluding hydrogens is 450 g/mol. The Balaban J connectivity index is 1.95. The Kier molecular flexibility index (Phi) is 6.82. The molecule has 2 aromatic carbocycles. The summed E-state index contributed by atoms with van der Waals surface area (Å²) in [7, 11) is -2.11. The maximum atomic E-state index is 13.3. The molecule has 0 fully saturated rings. The Morgan fingerprint density at radius 1 is 1.03 bits per heavy atom. The molecule has 1 aliphatic heterocycles. The summed E-state index contributed by atoms with van der Waals surface area (Å²) >= 11 is 0. The van der Waals surface area contributed by atoms with Gasteiger partial charge in [-0.3, -0.25) is 24.1 Å². The number of anilines is 2. The number of rotatable bonds is 8. The number of amides is 4. The monoisotopic (exact) mass is 473 g/mol. The normalized spacial score (nSPS) is 14.0. The summed E-state index contributed by atoms with van der Waals surface area (Å²) in [6.45, 7) is 1.33. The van der Waals surface area contributed by atoms with E-state index in [0.717, 1.165) is 11.2 Å². The highest BCUT2D eigenvalue weighted by molar-refractivity contribution is 7.90. The summed E-state index contributed by atoms with van der Waals surface area (Å²) in [5.74, 6) is -2.60. The summed E-state index contributed by atoms with van der Waals surface area (Å²) in [6.07, 6.45) is 0.716. The van der Waals surface area contributed by atoms with Gasteiger partial charge in [0.25, 0.3) is 11.8 Å². The lowest BCUT2D eigenvalue weighted by Gasteiger charge is -2.25. The fourth-order valence-corrected chi connectivity index (χ4v) is 4.15. The van der Waals surface area contributed by atoms with E-state index in [2.05, 4.69) is 10.6 Å². The zero-order valence-corrected chi connectivity index (χ0v) is 19.1. The van der Waals surface area contributed by atoms with E-state index < -0.39 is 39.4 Å². The van der Waals surface area contributed by atoms with E-state index in [1.807, 2.05) is 0 Å². The molecule has 0 aliphatic carbocycles. The summed E-state index contributed by atoms with van der Waals surface area (Å²) in [5, 5.41) is 5.18. The summed E-state index contributed by atoms with van der Waals surface area (Å²) in [4.78, 5) is 51.3. The predicted molar refractivity (Wildman–Crippen MR) is 121 cm³/mol. The molecule has 3 rings (SSSR count). The van der Waals surface area contributed by atoms with Crippen LogP contribution in [0.1, 0.15) is 34.1 Å². The second kappa shape index (κ2) is 9.41. The van der Waals surface area contributed by atoms with Crippen LogP contribution in [0.4, 0.5) is 11.4 Å². The Morgan fingerprint density at radius 3 is 2.15 bits per heavy atom. The minimum Gasteiger partial charge on any atom is -0.495 e. The lowest BCUT2D eigenvalue weighted by molar-refractivity contribution is -0.120. The molecule has 33 heavy (non-hydrogen) atoms. The van der Waals surface area contributed by atoms with Crippen molar-refractivity contribution in [1.29, 1.82) is 0 Å². The first kappa shape index (κ1) is 23.9. The number of benzene rings is 2. The van der Waals surface area contributed by atoms with Gasteiger partial charge in [-0.25, -0.2) is 8.42 Å². The smallest absolute Gasteiger partial charge is 0.262 e. The SMILES string of the molecule is COc1ccc(NC(C)=O)cc1NC(=O)C(CCS(C)(=O)=O)N1C(=O)c2ccccc2C1=O. The Morgan fingerprint density at radius 2 is 1.64 bits per heavy atom. The number of ether oxygens (including phenoxy) is 1. The van der Waals surface area contributed by atoms with Crippen LogP contribution in [0.2, 0.25) is 0 Å². The minimum absolute atomic E-state index is 0.143. The van der Waals surface area contributed by atoms with E-state index in [-0.39, 0.29) is 34.9 Å². The number of carbonyl (C=O) groups is 4. The number of nitrogens with zero attached hydrogens (tertiary/aromatic N) is 1. The maximum absolute atomic E-state index is 13.3. The van der Waals surface area contributed by atoms with Crippen molar-refractivity contribution in [2.24, 2.45) is 0 Å². The van der Waals surface area contributed by atoms with Crippen LogP contribution in [0.3, 0.4) is 0 Å². The molecule has 2 aromatic rings. The van der Waals surface area contributed by atoms with Crippen molar-refractivity contribution in [3.8, 4) is 5.75 Å². The van der Waals surface area contributed by atoms with Gasteiger partial charge in [-0.2, -0.15) is 0 Å². The van der Waals surface area contributed by atoms with E-state index >= 15 is 0 Å². The maximum Gasteiger partial charge on any atom is 0.262 e. The molecule has 0 aromatic heterocycles. The molecule has 1 unspecified atom stereocenters. The van der Waals surface area contributed by atoms with Gasteiger partial charge < -0.3 is 15.4 Å². The Bertz CT molecular complexity index is 1210. The number of methoxy groups -OCH3 is 1. The van der Waals surface area contributed by atoms with E-state index in [1.54, 1.807) is 18.2 Å². The first-order valence-electron chi connectivity index (χ1n) is 9.93. The molecule has 0 bridgehead atoms. The molecule has 0 saturated heterocycles. The standard InChI is InChI=1S/C22H23N3O7S/c1-13(26)23-14-8-9-19(32-2)17(12-14)24-20(27)18(10-11-33(3,30)31)25-21(28)15-6-4-5-7-16(15)22(25)29/h4-9,12,18H,10-11H2,1-3H3,(H,23,26)(H,24,27). The van der Waals surface area contributed by atoms with Gasteiger partial charge in [0.1, 0.15) is 21.6 Å². The number of imide groups is 1. The van der Waals surface area contributed by atoms with Crippen molar-refractivity contribution in [1.82, 2.24) is 4.90 Å². The molecule has 1 atom stereocenters. The number of fused-ring (bicyclic) bond motifs is 1.